The molecule has 3 aromatic rings. The van der Waals surface area contributed by atoms with E-state index in [-0.39, 0.29) is 5.92 Å². The Hall–Kier alpha value is -2.96. The van der Waals surface area contributed by atoms with Crippen molar-refractivity contribution in [1.82, 2.24) is 9.88 Å². The van der Waals surface area contributed by atoms with E-state index in [1.54, 1.807) is 7.11 Å². The number of likely N-dealkylation sites (tertiary alicyclic amines) is 1. The summed E-state index contributed by atoms with van der Waals surface area (Å²) in [5.74, 6) is 2.21. The fourth-order valence-corrected chi connectivity index (χ4v) is 5.10. The van der Waals surface area contributed by atoms with E-state index >= 15 is 0 Å². The molecular weight excluding hydrogens is 402 g/mol. The minimum absolute atomic E-state index is 0.101. The summed E-state index contributed by atoms with van der Waals surface area (Å²) in [6, 6.07) is 14.4. The Kier molecular flexibility index (Phi) is 6.06. The van der Waals surface area contributed by atoms with Crippen LogP contribution in [0.3, 0.4) is 0 Å². The van der Waals surface area contributed by atoms with Gasteiger partial charge in [0.15, 0.2) is 0 Å². The molecule has 6 heteroatoms. The van der Waals surface area contributed by atoms with E-state index in [1.807, 2.05) is 42.7 Å². The van der Waals surface area contributed by atoms with Crippen LogP contribution >= 0.6 is 0 Å². The molecule has 1 aliphatic carbocycles. The number of methoxy groups -OCH3 is 1. The number of benzene rings is 1. The molecule has 0 bridgehead atoms. The maximum Gasteiger partial charge on any atom is 0.121 e. The first-order valence-electron chi connectivity index (χ1n) is 11.3. The monoisotopic (exact) mass is 431 g/mol. The van der Waals surface area contributed by atoms with Crippen LogP contribution in [0.4, 0.5) is 0 Å². The summed E-state index contributed by atoms with van der Waals surface area (Å²) in [6.07, 6.45) is 6.53. The third-order valence-electron chi connectivity index (χ3n) is 6.84. The van der Waals surface area contributed by atoms with Crippen LogP contribution in [-0.2, 0) is 11.2 Å². The lowest BCUT2D eigenvalue weighted by Crippen LogP contribution is -2.35. The van der Waals surface area contributed by atoms with Gasteiger partial charge in [0.25, 0.3) is 0 Å². The molecule has 0 radical (unpaired) electrons. The van der Waals surface area contributed by atoms with E-state index in [0.717, 1.165) is 73.7 Å². The SMILES string of the molecule is COCCN1CCC(c2cc(-c3ccncc3)c(C3Cc4ccccc4/C3=N\O)o2)CC1. The fraction of sp³-hybridized carbons (Fsp3) is 0.385. The molecule has 166 valence electrons. The van der Waals surface area contributed by atoms with Gasteiger partial charge in [0.1, 0.15) is 11.5 Å². The molecule has 2 aliphatic rings. The van der Waals surface area contributed by atoms with Gasteiger partial charge in [-0.1, -0.05) is 29.4 Å². The number of furan rings is 1. The highest BCUT2D eigenvalue weighted by molar-refractivity contribution is 6.09. The highest BCUT2D eigenvalue weighted by Crippen LogP contribution is 2.43. The Morgan fingerprint density at radius 2 is 1.91 bits per heavy atom. The largest absolute Gasteiger partial charge is 0.464 e. The fourth-order valence-electron chi connectivity index (χ4n) is 5.10. The summed E-state index contributed by atoms with van der Waals surface area (Å²) in [5.41, 5.74) is 5.03. The quantitative estimate of drug-likeness (QED) is 0.453. The highest BCUT2D eigenvalue weighted by atomic mass is 16.5. The molecule has 1 fully saturated rings. The molecule has 5 rings (SSSR count). The summed E-state index contributed by atoms with van der Waals surface area (Å²) < 4.78 is 11.8. The Labute approximate surface area is 188 Å². The Balaban J connectivity index is 1.47. The number of aromatic nitrogens is 1. The van der Waals surface area contributed by atoms with Gasteiger partial charge in [-0.15, -0.1) is 0 Å². The molecule has 32 heavy (non-hydrogen) atoms. The standard InChI is InChI=1S/C26H29N3O3/c1-31-15-14-29-12-8-19(9-13-29)24-17-22(18-6-10-27-11-7-18)26(32-24)23-16-20-4-2-3-5-21(20)25(23)28-30/h2-7,10-11,17,19,23,30H,8-9,12-16H2,1H3/b28-25+. The molecule has 1 atom stereocenters. The van der Waals surface area contributed by atoms with Crippen molar-refractivity contribution in [1.29, 1.82) is 0 Å². The topological polar surface area (TPSA) is 71.1 Å². The zero-order valence-corrected chi connectivity index (χ0v) is 18.4. The minimum atomic E-state index is -0.101. The van der Waals surface area contributed by atoms with Gasteiger partial charge in [-0.25, -0.2) is 0 Å². The van der Waals surface area contributed by atoms with Crippen molar-refractivity contribution >= 4 is 5.71 Å². The zero-order chi connectivity index (χ0) is 21.9. The first kappa shape index (κ1) is 20.9. The number of fused-ring (bicyclic) bond motifs is 1. The van der Waals surface area contributed by atoms with Crippen LogP contribution in [0.2, 0.25) is 0 Å². The predicted molar refractivity (Wildman–Crippen MR) is 123 cm³/mol. The number of ether oxygens (including phenoxy) is 1. The summed E-state index contributed by atoms with van der Waals surface area (Å²) in [5, 5.41) is 13.6. The van der Waals surface area contributed by atoms with Crippen LogP contribution < -0.4 is 0 Å². The zero-order valence-electron chi connectivity index (χ0n) is 18.4. The summed E-state index contributed by atoms with van der Waals surface area (Å²) in [6.45, 7) is 3.85. The molecule has 1 aliphatic heterocycles. The van der Waals surface area contributed by atoms with Gasteiger partial charge >= 0.3 is 0 Å². The lowest BCUT2D eigenvalue weighted by atomic mass is 9.92. The average molecular weight is 432 g/mol. The van der Waals surface area contributed by atoms with Crippen molar-refractivity contribution in [2.24, 2.45) is 5.16 Å². The highest BCUT2D eigenvalue weighted by Gasteiger charge is 2.36. The van der Waals surface area contributed by atoms with Crippen LogP contribution in [-0.4, -0.2) is 54.2 Å². The maximum atomic E-state index is 9.88. The van der Waals surface area contributed by atoms with E-state index < -0.39 is 0 Å². The van der Waals surface area contributed by atoms with Crippen molar-refractivity contribution in [3.63, 3.8) is 0 Å². The molecule has 1 saturated heterocycles. The second-order valence-electron chi connectivity index (χ2n) is 8.67. The molecule has 0 saturated carbocycles. The molecule has 2 aromatic heterocycles. The van der Waals surface area contributed by atoms with E-state index in [4.69, 9.17) is 9.15 Å². The number of pyridine rings is 1. The van der Waals surface area contributed by atoms with Crippen LogP contribution in [0.25, 0.3) is 11.1 Å². The second kappa shape index (κ2) is 9.27. The van der Waals surface area contributed by atoms with Crippen LogP contribution in [0, 0.1) is 0 Å². The van der Waals surface area contributed by atoms with Gasteiger partial charge in [-0.2, -0.15) is 0 Å². The minimum Gasteiger partial charge on any atom is -0.464 e. The van der Waals surface area contributed by atoms with E-state index in [1.165, 1.54) is 5.56 Å². The Morgan fingerprint density at radius 1 is 1.12 bits per heavy atom. The number of hydrogen-bond donors (Lipinski definition) is 1. The van der Waals surface area contributed by atoms with Crippen molar-refractivity contribution in [2.75, 3.05) is 33.4 Å². The van der Waals surface area contributed by atoms with Gasteiger partial charge in [-0.3, -0.25) is 4.98 Å². The molecule has 1 unspecified atom stereocenters. The van der Waals surface area contributed by atoms with E-state index in [0.29, 0.717) is 11.6 Å². The van der Waals surface area contributed by atoms with Gasteiger partial charge in [-0.05, 0) is 61.7 Å². The van der Waals surface area contributed by atoms with Gasteiger partial charge in [0.05, 0.1) is 18.2 Å². The lowest BCUT2D eigenvalue weighted by Gasteiger charge is -2.30. The van der Waals surface area contributed by atoms with Gasteiger partial charge < -0.3 is 19.3 Å². The van der Waals surface area contributed by atoms with E-state index in [9.17, 15) is 5.21 Å². The number of oxime groups is 1. The molecular formula is C26H29N3O3. The number of piperidine rings is 1. The number of hydrogen-bond acceptors (Lipinski definition) is 6. The predicted octanol–water partition coefficient (Wildman–Crippen LogP) is 4.69. The maximum absolute atomic E-state index is 9.88. The number of nitrogens with zero attached hydrogens (tertiary/aromatic N) is 3. The third-order valence-corrected chi connectivity index (χ3v) is 6.84. The summed E-state index contributed by atoms with van der Waals surface area (Å²) >= 11 is 0. The first-order valence-corrected chi connectivity index (χ1v) is 11.3. The van der Waals surface area contributed by atoms with Crippen molar-refractivity contribution in [3.05, 3.63) is 77.5 Å². The molecule has 1 N–H and O–H groups in total. The van der Waals surface area contributed by atoms with Crippen LogP contribution in [0.1, 0.15) is 47.3 Å². The second-order valence-corrected chi connectivity index (χ2v) is 8.67. The van der Waals surface area contributed by atoms with Crippen LogP contribution in [0.5, 0.6) is 0 Å². The smallest absolute Gasteiger partial charge is 0.121 e. The third kappa shape index (κ3) is 3.96. The van der Waals surface area contributed by atoms with Crippen molar-refractivity contribution in [3.8, 4) is 11.1 Å². The molecule has 3 heterocycles. The van der Waals surface area contributed by atoms with Gasteiger partial charge in [0, 0.05) is 43.1 Å². The molecule has 0 spiro atoms. The van der Waals surface area contributed by atoms with Crippen molar-refractivity contribution in [2.45, 2.75) is 31.1 Å². The normalized spacial score (nSPS) is 20.7. The average Bonchev–Trinajstić information content (AvgIpc) is 3.45. The number of rotatable bonds is 6. The van der Waals surface area contributed by atoms with Crippen molar-refractivity contribution < 1.29 is 14.4 Å². The van der Waals surface area contributed by atoms with Crippen LogP contribution in [0.15, 0.2) is 64.4 Å². The molecule has 6 nitrogen and oxygen atoms in total. The Morgan fingerprint density at radius 3 is 2.66 bits per heavy atom. The summed E-state index contributed by atoms with van der Waals surface area (Å²) in [4.78, 5) is 6.64. The lowest BCUT2D eigenvalue weighted by molar-refractivity contribution is 0.127. The Bertz CT molecular complexity index is 1080. The molecule has 0 amide bonds. The van der Waals surface area contributed by atoms with E-state index in [2.05, 4.69) is 27.2 Å². The van der Waals surface area contributed by atoms with Gasteiger partial charge in [0.2, 0.25) is 0 Å². The molecule has 1 aromatic carbocycles. The summed E-state index contributed by atoms with van der Waals surface area (Å²) in [7, 11) is 1.75. The first-order chi connectivity index (χ1) is 15.8.